The Morgan fingerprint density at radius 3 is 2.67 bits per heavy atom. The molecule has 0 spiro atoms. The predicted molar refractivity (Wildman–Crippen MR) is 103 cm³/mol. The van der Waals surface area contributed by atoms with Gasteiger partial charge in [0.15, 0.2) is 5.11 Å². The summed E-state index contributed by atoms with van der Waals surface area (Å²) in [5.74, 6) is 0.323. The molecule has 2 aliphatic heterocycles. The Morgan fingerprint density at radius 1 is 1.38 bits per heavy atom. The summed E-state index contributed by atoms with van der Waals surface area (Å²) < 4.78 is 0. The molecule has 1 saturated heterocycles. The molecule has 0 bridgehead atoms. The summed E-state index contributed by atoms with van der Waals surface area (Å²) in [6.07, 6.45) is 3.02. The van der Waals surface area contributed by atoms with Crippen molar-refractivity contribution in [1.82, 2.24) is 10.6 Å². The number of hydrogen-bond acceptors (Lipinski definition) is 3. The van der Waals surface area contributed by atoms with Gasteiger partial charge in [-0.1, -0.05) is 6.92 Å². The van der Waals surface area contributed by atoms with Gasteiger partial charge in [-0.15, -0.1) is 0 Å². The first-order valence-corrected chi connectivity index (χ1v) is 8.90. The van der Waals surface area contributed by atoms with E-state index in [0.717, 1.165) is 24.1 Å². The Kier molecular flexibility index (Phi) is 4.16. The van der Waals surface area contributed by atoms with E-state index in [0.29, 0.717) is 16.7 Å². The van der Waals surface area contributed by atoms with Crippen LogP contribution in [0.1, 0.15) is 56.7 Å². The van der Waals surface area contributed by atoms with E-state index in [1.165, 1.54) is 11.3 Å². The Morgan fingerprint density at radius 2 is 2.08 bits per heavy atom. The summed E-state index contributed by atoms with van der Waals surface area (Å²) in [4.78, 5) is 14.4. The molecule has 1 atom stereocenters. The minimum absolute atomic E-state index is 0.159. The normalized spacial score (nSPS) is 24.0. The van der Waals surface area contributed by atoms with Crippen LogP contribution in [0.3, 0.4) is 0 Å². The highest BCUT2D eigenvalue weighted by molar-refractivity contribution is 7.80. The van der Waals surface area contributed by atoms with Gasteiger partial charge < -0.3 is 10.2 Å². The molecule has 2 heterocycles. The number of nitrogens with one attached hydrogen (secondary N) is 2. The third-order valence-corrected chi connectivity index (χ3v) is 5.31. The topological polar surface area (TPSA) is 44.4 Å². The minimum atomic E-state index is -0.165. The van der Waals surface area contributed by atoms with E-state index in [1.54, 1.807) is 0 Å². The lowest BCUT2D eigenvalue weighted by Crippen LogP contribution is -2.48. The highest BCUT2D eigenvalue weighted by Crippen LogP contribution is 2.44. The summed E-state index contributed by atoms with van der Waals surface area (Å²) in [6, 6.07) is 4.49. The van der Waals surface area contributed by atoms with Crippen molar-refractivity contribution in [2.75, 3.05) is 11.4 Å². The Bertz CT molecular complexity index is 751. The number of anilines is 1. The van der Waals surface area contributed by atoms with E-state index in [2.05, 4.69) is 62.3 Å². The number of nitrogens with zero attached hydrogens (tertiary/aromatic N) is 1. The maximum Gasteiger partial charge on any atom is 0.273 e. The van der Waals surface area contributed by atoms with Gasteiger partial charge in [0.1, 0.15) is 5.70 Å². The molecule has 0 aliphatic carbocycles. The third kappa shape index (κ3) is 2.81. The van der Waals surface area contributed by atoms with Crippen LogP contribution < -0.4 is 15.5 Å². The number of thiocarbonyl (C=S) groups is 1. The van der Waals surface area contributed by atoms with E-state index in [1.807, 2.05) is 6.08 Å². The maximum absolute atomic E-state index is 11.9. The van der Waals surface area contributed by atoms with Crippen LogP contribution in [0.5, 0.6) is 0 Å². The van der Waals surface area contributed by atoms with E-state index in [-0.39, 0.29) is 11.4 Å². The van der Waals surface area contributed by atoms with Crippen molar-refractivity contribution in [3.05, 3.63) is 34.5 Å². The Hall–Kier alpha value is -1.88. The largest absolute Gasteiger partial charge is 0.366 e. The van der Waals surface area contributed by atoms with Gasteiger partial charge in [0.2, 0.25) is 0 Å². The molecular weight excluding hydrogens is 318 g/mol. The molecule has 1 aromatic rings. The van der Waals surface area contributed by atoms with Gasteiger partial charge in [-0.2, -0.15) is 0 Å². The molecule has 1 unspecified atom stereocenters. The molecule has 5 heteroatoms. The predicted octanol–water partition coefficient (Wildman–Crippen LogP) is 3.45. The molecule has 0 radical (unpaired) electrons. The lowest BCUT2D eigenvalue weighted by Gasteiger charge is -2.47. The fraction of sp³-hybridized carbons (Fsp3) is 0.474. The van der Waals surface area contributed by atoms with Crippen LogP contribution in [-0.2, 0) is 4.79 Å². The van der Waals surface area contributed by atoms with Crippen LogP contribution in [-0.4, -0.2) is 23.1 Å². The molecule has 2 N–H and O–H groups in total. The standard InChI is InChI=1S/C19H25N3OS/c1-6-22-16-7-11(2)13(9-15-17(23)21-18(24)20-15)8-14(16)12(3)10-19(22,4)5/h7-9,12H,6,10H2,1-5H3,(H2,20,21,23,24)/b15-9-. The molecule has 2 aliphatic rings. The summed E-state index contributed by atoms with van der Waals surface area (Å²) in [5.41, 5.74) is 5.58. The molecule has 24 heavy (non-hydrogen) atoms. The SMILES string of the molecule is CCN1c2cc(C)c(/C=C3\NC(=S)NC3=O)cc2C(C)CC1(C)C. The highest BCUT2D eigenvalue weighted by atomic mass is 32.1. The number of fused-ring (bicyclic) bond motifs is 1. The number of carbonyl (C=O) groups excluding carboxylic acids is 1. The van der Waals surface area contributed by atoms with Crippen molar-refractivity contribution < 1.29 is 4.79 Å². The molecule has 0 aromatic heterocycles. The number of amides is 1. The molecule has 128 valence electrons. The van der Waals surface area contributed by atoms with Crippen LogP contribution in [0.2, 0.25) is 0 Å². The van der Waals surface area contributed by atoms with E-state index in [4.69, 9.17) is 12.2 Å². The quantitative estimate of drug-likeness (QED) is 0.638. The van der Waals surface area contributed by atoms with Gasteiger partial charge in [0.25, 0.3) is 5.91 Å². The zero-order valence-corrected chi connectivity index (χ0v) is 15.8. The number of carbonyl (C=O) groups is 1. The van der Waals surface area contributed by atoms with Crippen molar-refractivity contribution in [2.45, 2.75) is 52.5 Å². The van der Waals surface area contributed by atoms with Crippen LogP contribution in [0.4, 0.5) is 5.69 Å². The van der Waals surface area contributed by atoms with Gasteiger partial charge in [0, 0.05) is 17.8 Å². The van der Waals surface area contributed by atoms with Gasteiger partial charge >= 0.3 is 0 Å². The van der Waals surface area contributed by atoms with Gasteiger partial charge in [0.05, 0.1) is 0 Å². The molecule has 3 rings (SSSR count). The van der Waals surface area contributed by atoms with Crippen molar-refractivity contribution in [2.24, 2.45) is 0 Å². The summed E-state index contributed by atoms with van der Waals surface area (Å²) in [6.45, 7) is 12.2. The first-order valence-electron chi connectivity index (χ1n) is 8.49. The maximum atomic E-state index is 11.9. The second-order valence-electron chi connectivity index (χ2n) is 7.40. The molecular formula is C19H25N3OS. The Labute approximate surface area is 149 Å². The zero-order valence-electron chi connectivity index (χ0n) is 15.0. The first kappa shape index (κ1) is 17.0. The van der Waals surface area contributed by atoms with Gasteiger partial charge in [-0.05, 0) is 87.2 Å². The second-order valence-corrected chi connectivity index (χ2v) is 7.80. The number of benzene rings is 1. The Balaban J connectivity index is 2.08. The number of hydrogen-bond donors (Lipinski definition) is 2. The van der Waals surface area contributed by atoms with Crippen LogP contribution in [0.25, 0.3) is 6.08 Å². The molecule has 0 saturated carbocycles. The number of aryl methyl sites for hydroxylation is 1. The van der Waals surface area contributed by atoms with Crippen molar-refractivity contribution in [3.8, 4) is 0 Å². The summed E-state index contributed by atoms with van der Waals surface area (Å²) in [7, 11) is 0. The average molecular weight is 343 g/mol. The van der Waals surface area contributed by atoms with Crippen LogP contribution in [0, 0.1) is 6.92 Å². The van der Waals surface area contributed by atoms with Crippen molar-refractivity contribution in [1.29, 1.82) is 0 Å². The van der Waals surface area contributed by atoms with Gasteiger partial charge in [-0.3, -0.25) is 10.1 Å². The minimum Gasteiger partial charge on any atom is -0.366 e. The lowest BCUT2D eigenvalue weighted by atomic mass is 9.79. The third-order valence-electron chi connectivity index (χ3n) is 5.11. The highest BCUT2D eigenvalue weighted by Gasteiger charge is 2.35. The first-order chi connectivity index (χ1) is 11.2. The van der Waals surface area contributed by atoms with E-state index < -0.39 is 0 Å². The van der Waals surface area contributed by atoms with Crippen molar-refractivity contribution in [3.63, 3.8) is 0 Å². The molecule has 1 amide bonds. The fourth-order valence-electron chi connectivity index (χ4n) is 4.04. The van der Waals surface area contributed by atoms with E-state index in [9.17, 15) is 4.79 Å². The fourth-order valence-corrected chi connectivity index (χ4v) is 4.25. The molecule has 1 fully saturated rings. The number of rotatable bonds is 2. The summed E-state index contributed by atoms with van der Waals surface area (Å²) in [5, 5.41) is 5.90. The smallest absolute Gasteiger partial charge is 0.273 e. The van der Waals surface area contributed by atoms with Gasteiger partial charge in [-0.25, -0.2) is 0 Å². The van der Waals surface area contributed by atoms with Crippen LogP contribution >= 0.6 is 12.2 Å². The lowest BCUT2D eigenvalue weighted by molar-refractivity contribution is -0.115. The zero-order chi connectivity index (χ0) is 17.6. The average Bonchev–Trinajstić information content (AvgIpc) is 2.78. The second kappa shape index (κ2) is 5.88. The van der Waals surface area contributed by atoms with E-state index >= 15 is 0 Å². The van der Waals surface area contributed by atoms with Crippen LogP contribution in [0.15, 0.2) is 17.8 Å². The van der Waals surface area contributed by atoms with Crippen molar-refractivity contribution >= 4 is 35.0 Å². The summed E-state index contributed by atoms with van der Waals surface area (Å²) >= 11 is 5.00. The monoisotopic (exact) mass is 343 g/mol. The molecule has 4 nitrogen and oxygen atoms in total. The molecule has 1 aromatic carbocycles.